The van der Waals surface area contributed by atoms with E-state index < -0.39 is 0 Å². The lowest BCUT2D eigenvalue weighted by Gasteiger charge is -2.44. The van der Waals surface area contributed by atoms with Crippen LogP contribution in [0, 0.1) is 5.82 Å². The van der Waals surface area contributed by atoms with Crippen molar-refractivity contribution in [1.29, 1.82) is 0 Å². The van der Waals surface area contributed by atoms with Gasteiger partial charge in [-0.3, -0.25) is 9.69 Å². The molecule has 2 fully saturated rings. The summed E-state index contributed by atoms with van der Waals surface area (Å²) in [4.78, 5) is 17.1. The van der Waals surface area contributed by atoms with E-state index in [1.54, 1.807) is 0 Å². The number of carbonyl (C=O) groups excluding carboxylic acids is 1. The van der Waals surface area contributed by atoms with Crippen LogP contribution < -0.4 is 4.74 Å². The van der Waals surface area contributed by atoms with Crippen LogP contribution in [0.5, 0.6) is 5.75 Å². The zero-order chi connectivity index (χ0) is 21.8. The number of ether oxygens (including phenoxy) is 1. The Morgan fingerprint density at radius 1 is 0.968 bits per heavy atom. The van der Waals surface area contributed by atoms with Crippen LogP contribution in [0.1, 0.15) is 56.6 Å². The summed E-state index contributed by atoms with van der Waals surface area (Å²) in [5, 5.41) is 0. The topological polar surface area (TPSA) is 32.8 Å². The Morgan fingerprint density at radius 3 is 2.32 bits per heavy atom. The monoisotopic (exact) mass is 424 g/mol. The fourth-order valence-corrected chi connectivity index (χ4v) is 4.91. The molecule has 1 saturated carbocycles. The quantitative estimate of drug-likeness (QED) is 0.655. The lowest BCUT2D eigenvalue weighted by atomic mass is 9.98. The number of hydrogen-bond acceptors (Lipinski definition) is 3. The Hall–Kier alpha value is -2.40. The molecule has 166 valence electrons. The molecular formula is C26H33FN2O2. The van der Waals surface area contributed by atoms with Gasteiger partial charge in [0.05, 0.1) is 0 Å². The van der Waals surface area contributed by atoms with Crippen molar-refractivity contribution in [3.63, 3.8) is 0 Å². The minimum absolute atomic E-state index is 0.0284. The van der Waals surface area contributed by atoms with E-state index in [2.05, 4.69) is 30.9 Å². The van der Waals surface area contributed by atoms with Gasteiger partial charge in [0.25, 0.3) is 5.91 Å². The molecule has 2 aromatic carbocycles. The molecular weight excluding hydrogens is 391 g/mol. The van der Waals surface area contributed by atoms with E-state index in [0.29, 0.717) is 12.5 Å². The zero-order valence-electron chi connectivity index (χ0n) is 18.6. The molecule has 1 saturated heterocycles. The summed E-state index contributed by atoms with van der Waals surface area (Å²) in [5.41, 5.74) is 2.47. The third kappa shape index (κ3) is 5.45. The first kappa shape index (κ1) is 21.8. The second kappa shape index (κ2) is 9.82. The third-order valence-corrected chi connectivity index (χ3v) is 6.80. The minimum Gasteiger partial charge on any atom is -0.484 e. The van der Waals surface area contributed by atoms with Gasteiger partial charge in [-0.2, -0.15) is 0 Å². The Balaban J connectivity index is 1.28. The normalized spacial score (nSPS) is 22.6. The van der Waals surface area contributed by atoms with Crippen molar-refractivity contribution in [2.75, 3.05) is 19.7 Å². The number of hydrogen-bond donors (Lipinski definition) is 0. The molecule has 1 aliphatic carbocycles. The highest BCUT2D eigenvalue weighted by molar-refractivity contribution is 5.78. The van der Waals surface area contributed by atoms with Gasteiger partial charge < -0.3 is 9.64 Å². The zero-order valence-corrected chi connectivity index (χ0v) is 18.6. The van der Waals surface area contributed by atoms with Crippen LogP contribution in [0.25, 0.3) is 0 Å². The van der Waals surface area contributed by atoms with Crippen LogP contribution in [-0.2, 0) is 11.3 Å². The lowest BCUT2D eigenvalue weighted by Crippen LogP contribution is -2.58. The fraction of sp³-hybridized carbons (Fsp3) is 0.500. The number of rotatable bonds is 6. The van der Waals surface area contributed by atoms with Crippen molar-refractivity contribution in [2.45, 2.75) is 64.1 Å². The Morgan fingerprint density at radius 2 is 1.65 bits per heavy atom. The van der Waals surface area contributed by atoms with Crippen molar-refractivity contribution in [2.24, 2.45) is 0 Å². The summed E-state index contributed by atoms with van der Waals surface area (Å²) in [6.07, 6.45) is 5.21. The maximum atomic E-state index is 13.2. The van der Waals surface area contributed by atoms with Crippen molar-refractivity contribution in [1.82, 2.24) is 9.80 Å². The van der Waals surface area contributed by atoms with Gasteiger partial charge in [0, 0.05) is 31.7 Å². The standard InChI is InChI=1S/C26H33FN2O2/c1-19-16-29(20(2)15-28(19)17-21-7-11-24(27)12-8-21)26(30)18-31-25-13-9-23(10-14-25)22-5-3-4-6-22/h7-14,19-20,22H,3-6,15-18H2,1-2H3. The molecule has 2 aromatic rings. The van der Waals surface area contributed by atoms with Crippen LogP contribution in [0.2, 0.25) is 0 Å². The van der Waals surface area contributed by atoms with E-state index in [1.165, 1.54) is 43.4 Å². The van der Waals surface area contributed by atoms with Gasteiger partial charge in [0.2, 0.25) is 0 Å². The van der Waals surface area contributed by atoms with Crippen LogP contribution in [0.4, 0.5) is 4.39 Å². The lowest BCUT2D eigenvalue weighted by molar-refractivity contribution is -0.139. The average Bonchev–Trinajstić information content (AvgIpc) is 3.31. The predicted molar refractivity (Wildman–Crippen MR) is 121 cm³/mol. The number of halogens is 1. The molecule has 1 amide bonds. The highest BCUT2D eigenvalue weighted by Gasteiger charge is 2.32. The predicted octanol–water partition coefficient (Wildman–Crippen LogP) is 4.98. The SMILES string of the molecule is CC1CN(C(=O)COc2ccc(C3CCCC3)cc2)C(C)CN1Cc1ccc(F)cc1. The average molecular weight is 425 g/mol. The van der Waals surface area contributed by atoms with Gasteiger partial charge >= 0.3 is 0 Å². The van der Waals surface area contributed by atoms with Crippen molar-refractivity contribution in [3.8, 4) is 5.75 Å². The largest absolute Gasteiger partial charge is 0.484 e. The van der Waals surface area contributed by atoms with Crippen molar-refractivity contribution in [3.05, 3.63) is 65.5 Å². The minimum atomic E-state index is -0.214. The van der Waals surface area contributed by atoms with Crippen molar-refractivity contribution >= 4 is 5.91 Å². The third-order valence-electron chi connectivity index (χ3n) is 6.80. The molecule has 0 bridgehead atoms. The fourth-order valence-electron chi connectivity index (χ4n) is 4.91. The molecule has 1 heterocycles. The van der Waals surface area contributed by atoms with Crippen LogP contribution in [0.15, 0.2) is 48.5 Å². The summed E-state index contributed by atoms with van der Waals surface area (Å²) in [6.45, 7) is 6.51. The highest BCUT2D eigenvalue weighted by atomic mass is 19.1. The molecule has 0 aromatic heterocycles. The van der Waals surface area contributed by atoms with Gasteiger partial charge in [0.1, 0.15) is 11.6 Å². The van der Waals surface area contributed by atoms with E-state index in [0.717, 1.165) is 24.4 Å². The van der Waals surface area contributed by atoms with E-state index >= 15 is 0 Å². The van der Waals surface area contributed by atoms with Gasteiger partial charge in [-0.1, -0.05) is 37.1 Å². The van der Waals surface area contributed by atoms with E-state index in [1.807, 2.05) is 29.2 Å². The van der Waals surface area contributed by atoms with E-state index in [4.69, 9.17) is 4.74 Å². The number of piperazine rings is 1. The summed E-state index contributed by atoms with van der Waals surface area (Å²) in [5.74, 6) is 1.25. The Kier molecular flexibility index (Phi) is 6.91. The van der Waals surface area contributed by atoms with E-state index in [9.17, 15) is 9.18 Å². The maximum Gasteiger partial charge on any atom is 0.260 e. The summed E-state index contributed by atoms with van der Waals surface area (Å²) < 4.78 is 19.0. The molecule has 2 atom stereocenters. The van der Waals surface area contributed by atoms with Gasteiger partial charge in [0.15, 0.2) is 6.61 Å². The smallest absolute Gasteiger partial charge is 0.260 e. The molecule has 2 aliphatic rings. The van der Waals surface area contributed by atoms with Crippen LogP contribution >= 0.6 is 0 Å². The molecule has 4 nitrogen and oxygen atoms in total. The summed E-state index contributed by atoms with van der Waals surface area (Å²) in [7, 11) is 0. The number of amides is 1. The Bertz CT molecular complexity index is 862. The Labute approximate surface area is 185 Å². The molecule has 4 rings (SSSR count). The highest BCUT2D eigenvalue weighted by Crippen LogP contribution is 2.34. The van der Waals surface area contributed by atoms with Crippen molar-refractivity contribution < 1.29 is 13.9 Å². The second-order valence-electron chi connectivity index (χ2n) is 9.14. The number of benzene rings is 2. The number of carbonyl (C=O) groups is 1. The van der Waals surface area contributed by atoms with Crippen LogP contribution in [-0.4, -0.2) is 47.5 Å². The molecule has 1 aliphatic heterocycles. The number of nitrogens with zero attached hydrogens (tertiary/aromatic N) is 2. The maximum absolute atomic E-state index is 13.2. The molecule has 31 heavy (non-hydrogen) atoms. The molecule has 0 spiro atoms. The molecule has 0 N–H and O–H groups in total. The summed E-state index contributed by atoms with van der Waals surface area (Å²) in [6, 6.07) is 15.3. The first-order valence-corrected chi connectivity index (χ1v) is 11.5. The first-order chi connectivity index (χ1) is 15.0. The second-order valence-corrected chi connectivity index (χ2v) is 9.14. The molecule has 0 radical (unpaired) electrons. The van der Waals surface area contributed by atoms with Gasteiger partial charge in [-0.15, -0.1) is 0 Å². The van der Waals surface area contributed by atoms with Gasteiger partial charge in [-0.05, 0) is 68.0 Å². The van der Waals surface area contributed by atoms with E-state index in [-0.39, 0.29) is 30.4 Å². The summed E-state index contributed by atoms with van der Waals surface area (Å²) >= 11 is 0. The van der Waals surface area contributed by atoms with Gasteiger partial charge in [-0.25, -0.2) is 4.39 Å². The van der Waals surface area contributed by atoms with Crippen LogP contribution in [0.3, 0.4) is 0 Å². The molecule has 2 unspecified atom stereocenters. The first-order valence-electron chi connectivity index (χ1n) is 11.5. The molecule has 5 heteroatoms.